The van der Waals surface area contributed by atoms with Gasteiger partial charge in [0.2, 0.25) is 0 Å². The van der Waals surface area contributed by atoms with E-state index in [0.29, 0.717) is 16.3 Å². The monoisotopic (exact) mass is 357 g/mol. The summed E-state index contributed by atoms with van der Waals surface area (Å²) < 4.78 is 14.7. The van der Waals surface area contributed by atoms with Crippen molar-refractivity contribution in [1.82, 2.24) is 15.1 Å². The Morgan fingerprint density at radius 2 is 1.96 bits per heavy atom. The number of carbonyl (C=O) groups excluding carboxylic acids is 1. The van der Waals surface area contributed by atoms with Crippen LogP contribution < -0.4 is 5.32 Å². The third-order valence-corrected chi connectivity index (χ3v) is 4.26. The van der Waals surface area contributed by atoms with E-state index in [9.17, 15) is 9.18 Å². The third-order valence-electron chi connectivity index (χ3n) is 4.02. The Kier molecular flexibility index (Phi) is 4.86. The van der Waals surface area contributed by atoms with E-state index in [4.69, 9.17) is 11.6 Å². The summed E-state index contributed by atoms with van der Waals surface area (Å²) in [5, 5.41) is 7.80. The molecule has 0 aliphatic rings. The van der Waals surface area contributed by atoms with Crippen LogP contribution in [0.4, 0.5) is 4.39 Å². The largest absolute Gasteiger partial charge is 0.345 e. The summed E-state index contributed by atoms with van der Waals surface area (Å²) in [6.07, 6.45) is 1.53. The van der Waals surface area contributed by atoms with Gasteiger partial charge in [0.05, 0.1) is 29.2 Å². The molecular formula is C19H17ClFN3O. The number of amides is 1. The molecule has 1 amide bonds. The van der Waals surface area contributed by atoms with Gasteiger partial charge in [0.15, 0.2) is 0 Å². The second-order valence-electron chi connectivity index (χ2n) is 5.78. The SMILES string of the molecule is Cc1c(C(=O)NC(C)c2ccc(F)cc2)cnn1-c1cccc(Cl)c1. The van der Waals surface area contributed by atoms with Crippen molar-refractivity contribution in [1.29, 1.82) is 0 Å². The summed E-state index contributed by atoms with van der Waals surface area (Å²) in [6, 6.07) is 13.1. The van der Waals surface area contributed by atoms with E-state index in [1.807, 2.05) is 26.0 Å². The van der Waals surface area contributed by atoms with Crippen LogP contribution in [0.1, 0.15) is 34.6 Å². The van der Waals surface area contributed by atoms with Gasteiger partial charge in [0.25, 0.3) is 5.91 Å². The number of aromatic nitrogens is 2. The molecular weight excluding hydrogens is 341 g/mol. The van der Waals surface area contributed by atoms with Gasteiger partial charge in [-0.15, -0.1) is 0 Å². The second kappa shape index (κ2) is 7.07. The standard InChI is InChI=1S/C19H17ClFN3O/c1-12(14-6-8-16(21)9-7-14)23-19(25)18-11-22-24(13(18)2)17-5-3-4-15(20)10-17/h3-12H,1-2H3,(H,23,25). The van der Waals surface area contributed by atoms with E-state index in [2.05, 4.69) is 10.4 Å². The Morgan fingerprint density at radius 1 is 1.24 bits per heavy atom. The average molecular weight is 358 g/mol. The smallest absolute Gasteiger partial charge is 0.255 e. The minimum Gasteiger partial charge on any atom is -0.345 e. The van der Waals surface area contributed by atoms with E-state index in [1.54, 1.807) is 28.9 Å². The van der Waals surface area contributed by atoms with E-state index in [0.717, 1.165) is 11.3 Å². The molecule has 0 radical (unpaired) electrons. The minimum atomic E-state index is -0.305. The third kappa shape index (κ3) is 3.72. The molecule has 0 spiro atoms. The normalized spacial score (nSPS) is 12.0. The fourth-order valence-electron chi connectivity index (χ4n) is 2.61. The van der Waals surface area contributed by atoms with Crippen molar-refractivity contribution in [3.8, 4) is 5.69 Å². The lowest BCUT2D eigenvalue weighted by Crippen LogP contribution is -2.27. The molecule has 3 aromatic rings. The first-order valence-corrected chi connectivity index (χ1v) is 8.20. The Morgan fingerprint density at radius 3 is 2.64 bits per heavy atom. The van der Waals surface area contributed by atoms with Gasteiger partial charge < -0.3 is 5.32 Å². The van der Waals surface area contributed by atoms with Crippen LogP contribution in [0.15, 0.2) is 54.7 Å². The average Bonchev–Trinajstić information content (AvgIpc) is 2.97. The van der Waals surface area contributed by atoms with Crippen LogP contribution in [-0.4, -0.2) is 15.7 Å². The Labute approximate surface area is 150 Å². The molecule has 1 aromatic heterocycles. The molecule has 1 unspecified atom stereocenters. The molecule has 4 nitrogen and oxygen atoms in total. The van der Waals surface area contributed by atoms with E-state index < -0.39 is 0 Å². The van der Waals surface area contributed by atoms with E-state index >= 15 is 0 Å². The van der Waals surface area contributed by atoms with Crippen molar-refractivity contribution in [3.05, 3.63) is 82.4 Å². The maximum absolute atomic E-state index is 13.0. The second-order valence-corrected chi connectivity index (χ2v) is 6.22. The van der Waals surface area contributed by atoms with Gasteiger partial charge in [-0.1, -0.05) is 29.8 Å². The summed E-state index contributed by atoms with van der Waals surface area (Å²) in [5.74, 6) is -0.538. The van der Waals surface area contributed by atoms with Gasteiger partial charge in [-0.05, 0) is 49.7 Å². The van der Waals surface area contributed by atoms with Crippen molar-refractivity contribution in [3.63, 3.8) is 0 Å². The number of rotatable bonds is 4. The number of hydrogen-bond acceptors (Lipinski definition) is 2. The van der Waals surface area contributed by atoms with Crippen LogP contribution in [0.25, 0.3) is 5.69 Å². The number of hydrogen-bond donors (Lipinski definition) is 1. The lowest BCUT2D eigenvalue weighted by molar-refractivity contribution is 0.0939. The zero-order valence-electron chi connectivity index (χ0n) is 13.8. The molecule has 1 N–H and O–H groups in total. The Bertz CT molecular complexity index is 905. The van der Waals surface area contributed by atoms with Crippen molar-refractivity contribution in [2.45, 2.75) is 19.9 Å². The molecule has 6 heteroatoms. The van der Waals surface area contributed by atoms with Crippen molar-refractivity contribution < 1.29 is 9.18 Å². The fourth-order valence-corrected chi connectivity index (χ4v) is 2.79. The van der Waals surface area contributed by atoms with Crippen molar-refractivity contribution in [2.75, 3.05) is 0 Å². The minimum absolute atomic E-state index is 0.234. The van der Waals surface area contributed by atoms with Crippen LogP contribution in [-0.2, 0) is 0 Å². The van der Waals surface area contributed by atoms with Gasteiger partial charge in [-0.2, -0.15) is 5.10 Å². The predicted octanol–water partition coefficient (Wildman–Crippen LogP) is 4.46. The zero-order chi connectivity index (χ0) is 18.0. The Balaban J connectivity index is 1.80. The summed E-state index contributed by atoms with van der Waals surface area (Å²) in [6.45, 7) is 3.67. The molecule has 0 saturated carbocycles. The number of halogens is 2. The molecule has 3 rings (SSSR count). The highest BCUT2D eigenvalue weighted by molar-refractivity contribution is 6.30. The molecule has 0 bridgehead atoms. The summed E-state index contributed by atoms with van der Waals surface area (Å²) in [5.41, 5.74) is 2.81. The highest BCUT2D eigenvalue weighted by Gasteiger charge is 2.17. The molecule has 0 aliphatic carbocycles. The van der Waals surface area contributed by atoms with Gasteiger partial charge in [-0.3, -0.25) is 4.79 Å². The topological polar surface area (TPSA) is 46.9 Å². The summed E-state index contributed by atoms with van der Waals surface area (Å²) >= 11 is 6.02. The van der Waals surface area contributed by atoms with Crippen LogP contribution >= 0.6 is 11.6 Å². The first-order valence-electron chi connectivity index (χ1n) is 7.82. The first kappa shape index (κ1) is 17.2. The zero-order valence-corrected chi connectivity index (χ0v) is 14.6. The number of nitrogens with one attached hydrogen (secondary N) is 1. The molecule has 128 valence electrons. The van der Waals surface area contributed by atoms with E-state index in [1.165, 1.54) is 18.3 Å². The lowest BCUT2D eigenvalue weighted by Gasteiger charge is -2.14. The van der Waals surface area contributed by atoms with Crippen molar-refractivity contribution in [2.24, 2.45) is 0 Å². The molecule has 25 heavy (non-hydrogen) atoms. The van der Waals surface area contributed by atoms with Crippen LogP contribution in [0, 0.1) is 12.7 Å². The summed E-state index contributed by atoms with van der Waals surface area (Å²) in [7, 11) is 0. The molecule has 0 saturated heterocycles. The maximum Gasteiger partial charge on any atom is 0.255 e. The molecule has 0 aliphatic heterocycles. The number of nitrogens with zero attached hydrogens (tertiary/aromatic N) is 2. The Hall–Kier alpha value is -2.66. The van der Waals surface area contributed by atoms with Crippen LogP contribution in [0.5, 0.6) is 0 Å². The number of carbonyl (C=O) groups is 1. The lowest BCUT2D eigenvalue weighted by atomic mass is 10.1. The van der Waals surface area contributed by atoms with Crippen LogP contribution in [0.3, 0.4) is 0 Å². The van der Waals surface area contributed by atoms with Gasteiger partial charge in [-0.25, -0.2) is 9.07 Å². The van der Waals surface area contributed by atoms with Crippen LogP contribution in [0.2, 0.25) is 5.02 Å². The molecule has 1 heterocycles. The molecule has 0 fully saturated rings. The molecule has 1 atom stereocenters. The van der Waals surface area contributed by atoms with E-state index in [-0.39, 0.29) is 17.8 Å². The quantitative estimate of drug-likeness (QED) is 0.749. The predicted molar refractivity (Wildman–Crippen MR) is 95.6 cm³/mol. The number of benzene rings is 2. The van der Waals surface area contributed by atoms with Gasteiger partial charge in [0.1, 0.15) is 5.82 Å². The van der Waals surface area contributed by atoms with Gasteiger partial charge in [0, 0.05) is 5.02 Å². The highest BCUT2D eigenvalue weighted by Crippen LogP contribution is 2.19. The fraction of sp³-hybridized carbons (Fsp3) is 0.158. The first-order chi connectivity index (χ1) is 12.0. The highest BCUT2D eigenvalue weighted by atomic mass is 35.5. The van der Waals surface area contributed by atoms with Crippen molar-refractivity contribution >= 4 is 17.5 Å². The summed E-state index contributed by atoms with van der Waals surface area (Å²) in [4.78, 5) is 12.6. The molecule has 2 aromatic carbocycles. The van der Waals surface area contributed by atoms with Gasteiger partial charge >= 0.3 is 0 Å². The maximum atomic E-state index is 13.0.